The first-order chi connectivity index (χ1) is 8.13. The van der Waals surface area contributed by atoms with Crippen LogP contribution in [0.5, 0.6) is 0 Å². The van der Waals surface area contributed by atoms with Crippen LogP contribution in [0.25, 0.3) is 0 Å². The van der Waals surface area contributed by atoms with E-state index in [1.54, 1.807) is 18.2 Å². The van der Waals surface area contributed by atoms with Gasteiger partial charge in [-0.15, -0.1) is 0 Å². The predicted octanol–water partition coefficient (Wildman–Crippen LogP) is 1.82. The molecule has 0 aromatic rings. The summed E-state index contributed by atoms with van der Waals surface area (Å²) in [6.45, 7) is 12.2. The van der Waals surface area contributed by atoms with Crippen molar-refractivity contribution >= 4 is 10.0 Å². The standard InChI is InChI=1S/C13H28N2O2S/c1-11(2)18(16,17)15-8-6-7-12(10-15)9-14-13(3,4)5/h11-12,14H,6-10H2,1-5H3. The van der Waals surface area contributed by atoms with Gasteiger partial charge in [-0.2, -0.15) is 0 Å². The Kier molecular flexibility index (Phi) is 5.21. The van der Waals surface area contributed by atoms with Crippen molar-refractivity contribution in [2.45, 2.75) is 58.2 Å². The number of nitrogens with zero attached hydrogens (tertiary/aromatic N) is 1. The summed E-state index contributed by atoms with van der Waals surface area (Å²) in [5.74, 6) is 0.437. The monoisotopic (exact) mass is 276 g/mol. The highest BCUT2D eigenvalue weighted by molar-refractivity contribution is 7.89. The first kappa shape index (κ1) is 15.9. The zero-order chi connectivity index (χ0) is 14.0. The van der Waals surface area contributed by atoms with Crippen LogP contribution in [0.15, 0.2) is 0 Å². The molecule has 18 heavy (non-hydrogen) atoms. The maximum atomic E-state index is 12.1. The molecule has 1 saturated heterocycles. The van der Waals surface area contributed by atoms with Crippen LogP contribution in [-0.4, -0.2) is 43.1 Å². The predicted molar refractivity (Wildman–Crippen MR) is 76.1 cm³/mol. The lowest BCUT2D eigenvalue weighted by Gasteiger charge is -2.34. The highest BCUT2D eigenvalue weighted by Crippen LogP contribution is 2.21. The molecule has 0 spiro atoms. The van der Waals surface area contributed by atoms with Crippen LogP contribution in [0.1, 0.15) is 47.5 Å². The van der Waals surface area contributed by atoms with Gasteiger partial charge in [0.05, 0.1) is 5.25 Å². The van der Waals surface area contributed by atoms with E-state index in [4.69, 9.17) is 0 Å². The summed E-state index contributed by atoms with van der Waals surface area (Å²) in [4.78, 5) is 0. The number of sulfonamides is 1. The van der Waals surface area contributed by atoms with E-state index in [1.165, 1.54) is 0 Å². The minimum Gasteiger partial charge on any atom is -0.312 e. The summed E-state index contributed by atoms with van der Waals surface area (Å²) in [6.07, 6.45) is 2.09. The molecule has 108 valence electrons. The fourth-order valence-corrected chi connectivity index (χ4v) is 3.57. The fraction of sp³-hybridized carbons (Fsp3) is 1.00. The van der Waals surface area contributed by atoms with E-state index in [1.807, 2.05) is 0 Å². The zero-order valence-corrected chi connectivity index (χ0v) is 13.2. The van der Waals surface area contributed by atoms with Gasteiger partial charge in [-0.1, -0.05) is 0 Å². The summed E-state index contributed by atoms with van der Waals surface area (Å²) in [7, 11) is -3.08. The average Bonchev–Trinajstić information content (AvgIpc) is 2.25. The first-order valence-electron chi connectivity index (χ1n) is 6.87. The molecule has 1 atom stereocenters. The summed E-state index contributed by atoms with van der Waals surface area (Å²) >= 11 is 0. The third-order valence-corrected chi connectivity index (χ3v) is 5.60. The third kappa shape index (κ3) is 4.52. The number of hydrogen-bond donors (Lipinski definition) is 1. The Balaban J connectivity index is 2.57. The Bertz CT molecular complexity index is 358. The van der Waals surface area contributed by atoms with E-state index < -0.39 is 10.0 Å². The lowest BCUT2D eigenvalue weighted by molar-refractivity contribution is 0.244. The van der Waals surface area contributed by atoms with Gasteiger partial charge in [-0.25, -0.2) is 12.7 Å². The molecule has 0 saturated carbocycles. The van der Waals surface area contributed by atoms with E-state index in [-0.39, 0.29) is 10.8 Å². The highest BCUT2D eigenvalue weighted by Gasteiger charge is 2.31. The smallest absolute Gasteiger partial charge is 0.216 e. The van der Waals surface area contributed by atoms with E-state index >= 15 is 0 Å². The lowest BCUT2D eigenvalue weighted by Crippen LogP contribution is -2.47. The van der Waals surface area contributed by atoms with Crippen LogP contribution in [0.3, 0.4) is 0 Å². The van der Waals surface area contributed by atoms with Crippen LogP contribution in [-0.2, 0) is 10.0 Å². The first-order valence-corrected chi connectivity index (χ1v) is 8.37. The van der Waals surface area contributed by atoms with Gasteiger partial charge in [0.15, 0.2) is 0 Å². The lowest BCUT2D eigenvalue weighted by atomic mass is 9.98. The number of rotatable bonds is 4. The Morgan fingerprint density at radius 3 is 2.44 bits per heavy atom. The van der Waals surface area contributed by atoms with Crippen LogP contribution in [0.2, 0.25) is 0 Å². The second-order valence-electron chi connectivity index (χ2n) is 6.59. The Hall–Kier alpha value is -0.130. The van der Waals surface area contributed by atoms with Crippen molar-refractivity contribution in [1.82, 2.24) is 9.62 Å². The number of nitrogens with one attached hydrogen (secondary N) is 1. The molecule has 5 heteroatoms. The quantitative estimate of drug-likeness (QED) is 0.852. The molecule has 0 aromatic heterocycles. The summed E-state index contributed by atoms with van der Waals surface area (Å²) in [5.41, 5.74) is 0.0964. The molecular formula is C13H28N2O2S. The Labute approximate surface area is 112 Å². The molecule has 0 aliphatic carbocycles. The maximum Gasteiger partial charge on any atom is 0.216 e. The van der Waals surface area contributed by atoms with Crippen molar-refractivity contribution in [2.24, 2.45) is 5.92 Å². The van der Waals surface area contributed by atoms with Gasteiger partial charge in [0.25, 0.3) is 0 Å². The maximum absolute atomic E-state index is 12.1. The minimum atomic E-state index is -3.08. The second-order valence-corrected chi connectivity index (χ2v) is 9.08. The van der Waals surface area contributed by atoms with Gasteiger partial charge in [-0.05, 0) is 59.9 Å². The van der Waals surface area contributed by atoms with Crippen LogP contribution < -0.4 is 5.32 Å². The molecular weight excluding hydrogens is 248 g/mol. The van der Waals surface area contributed by atoms with E-state index in [0.29, 0.717) is 19.0 Å². The SMILES string of the molecule is CC(C)S(=O)(=O)N1CCCC(CNC(C)(C)C)C1. The minimum absolute atomic E-state index is 0.0964. The van der Waals surface area contributed by atoms with Crippen molar-refractivity contribution in [1.29, 1.82) is 0 Å². The largest absolute Gasteiger partial charge is 0.312 e. The summed E-state index contributed by atoms with van der Waals surface area (Å²) in [6, 6.07) is 0. The van der Waals surface area contributed by atoms with Crippen molar-refractivity contribution in [3.05, 3.63) is 0 Å². The van der Waals surface area contributed by atoms with Gasteiger partial charge >= 0.3 is 0 Å². The molecule has 1 heterocycles. The molecule has 1 aliphatic heterocycles. The van der Waals surface area contributed by atoms with Gasteiger partial charge < -0.3 is 5.32 Å². The summed E-state index contributed by atoms with van der Waals surface area (Å²) in [5, 5.41) is 3.16. The molecule has 1 N–H and O–H groups in total. The fourth-order valence-electron chi connectivity index (χ4n) is 2.17. The number of piperidine rings is 1. The molecule has 0 amide bonds. The highest BCUT2D eigenvalue weighted by atomic mass is 32.2. The van der Waals surface area contributed by atoms with Crippen molar-refractivity contribution < 1.29 is 8.42 Å². The number of hydrogen-bond acceptors (Lipinski definition) is 3. The van der Waals surface area contributed by atoms with Crippen molar-refractivity contribution in [2.75, 3.05) is 19.6 Å². The van der Waals surface area contributed by atoms with E-state index in [0.717, 1.165) is 19.4 Å². The molecule has 1 fully saturated rings. The second kappa shape index (κ2) is 5.88. The van der Waals surface area contributed by atoms with E-state index in [9.17, 15) is 8.42 Å². The normalized spacial score (nSPS) is 23.6. The molecule has 1 rings (SSSR count). The molecule has 4 nitrogen and oxygen atoms in total. The van der Waals surface area contributed by atoms with Gasteiger partial charge in [0, 0.05) is 18.6 Å². The third-order valence-electron chi connectivity index (χ3n) is 3.36. The molecule has 0 bridgehead atoms. The average molecular weight is 276 g/mol. The van der Waals surface area contributed by atoms with Crippen molar-refractivity contribution in [3.63, 3.8) is 0 Å². The zero-order valence-electron chi connectivity index (χ0n) is 12.4. The molecule has 1 aliphatic rings. The molecule has 0 aromatic carbocycles. The Morgan fingerprint density at radius 1 is 1.33 bits per heavy atom. The van der Waals surface area contributed by atoms with Gasteiger partial charge in [-0.3, -0.25) is 0 Å². The van der Waals surface area contributed by atoms with E-state index in [2.05, 4.69) is 26.1 Å². The topological polar surface area (TPSA) is 49.4 Å². The summed E-state index contributed by atoms with van der Waals surface area (Å²) < 4.78 is 26.0. The molecule has 1 unspecified atom stereocenters. The Morgan fingerprint density at radius 2 is 1.94 bits per heavy atom. The van der Waals surface area contributed by atoms with Crippen LogP contribution in [0, 0.1) is 5.92 Å². The van der Waals surface area contributed by atoms with Gasteiger partial charge in [0.1, 0.15) is 0 Å². The van der Waals surface area contributed by atoms with Crippen molar-refractivity contribution in [3.8, 4) is 0 Å². The van der Waals surface area contributed by atoms with Crippen LogP contribution >= 0.6 is 0 Å². The molecule has 0 radical (unpaired) electrons. The van der Waals surface area contributed by atoms with Gasteiger partial charge in [0.2, 0.25) is 10.0 Å². The van der Waals surface area contributed by atoms with Crippen LogP contribution in [0.4, 0.5) is 0 Å².